The molecule has 1 aliphatic rings. The van der Waals surface area contributed by atoms with Gasteiger partial charge in [-0.05, 0) is 50.0 Å². The molecule has 1 aromatic rings. The number of nitrogens with zero attached hydrogens (tertiary/aromatic N) is 2. The minimum absolute atomic E-state index is 0. The zero-order valence-corrected chi connectivity index (χ0v) is 15.5. The molecule has 0 atom stereocenters. The fraction of sp³-hybridized carbons (Fsp3) is 0.647. The van der Waals surface area contributed by atoms with Gasteiger partial charge in [-0.1, -0.05) is 18.6 Å². The molecule has 1 heterocycles. The normalized spacial score (nSPS) is 15.4. The van der Waals surface area contributed by atoms with E-state index in [1.807, 2.05) is 0 Å². The topological polar surface area (TPSA) is 6.48 Å². The van der Waals surface area contributed by atoms with Crippen molar-refractivity contribution in [3.8, 4) is 0 Å². The van der Waals surface area contributed by atoms with Crippen LogP contribution in [0.5, 0.6) is 0 Å². The highest BCUT2D eigenvalue weighted by atomic mass is 35.5. The van der Waals surface area contributed by atoms with Gasteiger partial charge in [0.15, 0.2) is 0 Å². The molecular weight excluding hydrogens is 339 g/mol. The predicted octanol–water partition coefficient (Wildman–Crippen LogP) is 4.42. The fourth-order valence-electron chi connectivity index (χ4n) is 2.92. The summed E-state index contributed by atoms with van der Waals surface area (Å²) in [5, 5.41) is 0. The van der Waals surface area contributed by atoms with Crippen LogP contribution in [0.4, 0.5) is 5.69 Å². The Balaban J connectivity index is 0.00000242. The Morgan fingerprint density at radius 1 is 0.909 bits per heavy atom. The molecule has 2 nitrogen and oxygen atoms in total. The van der Waals surface area contributed by atoms with E-state index in [0.29, 0.717) is 11.8 Å². The lowest BCUT2D eigenvalue weighted by atomic mass is 10.1. The van der Waals surface area contributed by atoms with Crippen molar-refractivity contribution in [2.24, 2.45) is 0 Å². The van der Waals surface area contributed by atoms with E-state index in [-0.39, 0.29) is 12.4 Å². The molecule has 0 amide bonds. The van der Waals surface area contributed by atoms with E-state index in [1.54, 1.807) is 0 Å². The van der Waals surface area contributed by atoms with Gasteiger partial charge in [0.25, 0.3) is 0 Å². The van der Waals surface area contributed by atoms with Gasteiger partial charge in [-0.15, -0.1) is 35.6 Å². The molecule has 0 bridgehead atoms. The zero-order chi connectivity index (χ0) is 14.9. The maximum absolute atomic E-state index is 5.86. The summed E-state index contributed by atoms with van der Waals surface area (Å²) in [6.07, 6.45) is 5.28. The number of halogens is 3. The van der Waals surface area contributed by atoms with Crippen LogP contribution in [0, 0.1) is 0 Å². The highest BCUT2D eigenvalue weighted by Crippen LogP contribution is 2.17. The first-order chi connectivity index (χ1) is 10.3. The van der Waals surface area contributed by atoms with Crippen molar-refractivity contribution in [1.29, 1.82) is 0 Å². The molecule has 1 aromatic carbocycles. The highest BCUT2D eigenvalue weighted by Gasteiger charge is 2.10. The number of piperidine rings is 1. The second kappa shape index (κ2) is 11.4. The minimum Gasteiger partial charge on any atom is -0.369 e. The molecule has 2 rings (SSSR count). The molecule has 0 unspecified atom stereocenters. The lowest BCUT2D eigenvalue weighted by molar-refractivity contribution is 0.231. The Morgan fingerprint density at radius 2 is 1.50 bits per heavy atom. The van der Waals surface area contributed by atoms with Crippen LogP contribution in [0.25, 0.3) is 0 Å². The van der Waals surface area contributed by atoms with E-state index in [1.165, 1.54) is 50.1 Å². The van der Waals surface area contributed by atoms with E-state index in [2.05, 4.69) is 34.1 Å². The van der Waals surface area contributed by atoms with E-state index in [0.717, 1.165) is 19.5 Å². The largest absolute Gasteiger partial charge is 0.369 e. The molecule has 22 heavy (non-hydrogen) atoms. The molecule has 1 saturated heterocycles. The van der Waals surface area contributed by atoms with E-state index < -0.39 is 0 Å². The summed E-state index contributed by atoms with van der Waals surface area (Å²) >= 11 is 11.7. The number of rotatable bonds is 8. The third-order valence-corrected chi connectivity index (χ3v) is 4.51. The molecule has 0 aromatic heterocycles. The van der Waals surface area contributed by atoms with Gasteiger partial charge in [-0.3, -0.25) is 0 Å². The Kier molecular flexibility index (Phi) is 10.3. The molecule has 0 radical (unpaired) electrons. The van der Waals surface area contributed by atoms with Crippen molar-refractivity contribution in [2.45, 2.75) is 25.7 Å². The first kappa shape index (κ1) is 19.9. The van der Waals surface area contributed by atoms with Crippen molar-refractivity contribution >= 4 is 41.3 Å². The first-order valence-corrected chi connectivity index (χ1v) is 9.08. The molecular formula is C17H27Cl3N2. The molecule has 0 saturated carbocycles. The molecule has 0 spiro atoms. The smallest absolute Gasteiger partial charge is 0.0399 e. The summed E-state index contributed by atoms with van der Waals surface area (Å²) in [5.74, 6) is 1.27. The number of anilines is 1. The summed E-state index contributed by atoms with van der Waals surface area (Å²) in [6, 6.07) is 8.89. The van der Waals surface area contributed by atoms with Crippen LogP contribution in [-0.4, -0.2) is 49.4 Å². The zero-order valence-electron chi connectivity index (χ0n) is 13.1. The second-order valence-electron chi connectivity index (χ2n) is 5.68. The Bertz CT molecular complexity index is 385. The van der Waals surface area contributed by atoms with Gasteiger partial charge < -0.3 is 9.80 Å². The maximum Gasteiger partial charge on any atom is 0.0399 e. The van der Waals surface area contributed by atoms with Crippen LogP contribution >= 0.6 is 35.6 Å². The maximum atomic E-state index is 5.86. The van der Waals surface area contributed by atoms with E-state index in [4.69, 9.17) is 23.2 Å². The van der Waals surface area contributed by atoms with E-state index in [9.17, 15) is 0 Å². The number of hydrogen-bond donors (Lipinski definition) is 0. The van der Waals surface area contributed by atoms with Crippen molar-refractivity contribution < 1.29 is 0 Å². The SMILES string of the molecule is Cl.ClCCN(CCCl)c1ccc(CCN2CCCCC2)cc1. The summed E-state index contributed by atoms with van der Waals surface area (Å²) in [4.78, 5) is 4.83. The standard InChI is InChI=1S/C17H26Cl2N2.ClH/c18-9-14-21(15-10-19)17-6-4-16(5-7-17)8-13-20-11-2-1-3-12-20;/h4-7H,1-3,8-15H2;1H. The molecule has 126 valence electrons. The molecule has 0 N–H and O–H groups in total. The average Bonchev–Trinajstić information content (AvgIpc) is 2.54. The number of hydrogen-bond acceptors (Lipinski definition) is 2. The van der Waals surface area contributed by atoms with Gasteiger partial charge in [0.2, 0.25) is 0 Å². The van der Waals surface area contributed by atoms with Gasteiger partial charge in [0.1, 0.15) is 0 Å². The van der Waals surface area contributed by atoms with Crippen molar-refractivity contribution in [3.63, 3.8) is 0 Å². The van der Waals surface area contributed by atoms with Gasteiger partial charge in [0, 0.05) is 37.1 Å². The summed E-state index contributed by atoms with van der Waals surface area (Å²) < 4.78 is 0. The molecule has 1 fully saturated rings. The summed E-state index contributed by atoms with van der Waals surface area (Å²) in [5.41, 5.74) is 2.64. The van der Waals surface area contributed by atoms with Crippen LogP contribution in [0.2, 0.25) is 0 Å². The highest BCUT2D eigenvalue weighted by molar-refractivity contribution is 6.18. The number of alkyl halides is 2. The van der Waals surface area contributed by atoms with Gasteiger partial charge in [0.05, 0.1) is 0 Å². The molecule has 0 aliphatic carbocycles. The fourth-order valence-corrected chi connectivity index (χ4v) is 3.33. The molecule has 5 heteroatoms. The van der Waals surface area contributed by atoms with Crippen LogP contribution in [0.1, 0.15) is 24.8 Å². The predicted molar refractivity (Wildman–Crippen MR) is 101 cm³/mol. The van der Waals surface area contributed by atoms with Crippen LogP contribution in [0.15, 0.2) is 24.3 Å². The van der Waals surface area contributed by atoms with E-state index >= 15 is 0 Å². The van der Waals surface area contributed by atoms with Crippen molar-refractivity contribution in [2.75, 3.05) is 49.4 Å². The number of likely N-dealkylation sites (tertiary alicyclic amines) is 1. The van der Waals surface area contributed by atoms with Crippen molar-refractivity contribution in [1.82, 2.24) is 4.90 Å². The Labute approximate surface area is 151 Å². The van der Waals surface area contributed by atoms with Crippen LogP contribution in [-0.2, 0) is 6.42 Å². The minimum atomic E-state index is 0. The lowest BCUT2D eigenvalue weighted by Crippen LogP contribution is -2.31. The lowest BCUT2D eigenvalue weighted by Gasteiger charge is -2.26. The average molecular weight is 366 g/mol. The monoisotopic (exact) mass is 364 g/mol. The Hall–Kier alpha value is -0.150. The quantitative estimate of drug-likeness (QED) is 0.629. The van der Waals surface area contributed by atoms with Crippen LogP contribution in [0.3, 0.4) is 0 Å². The third-order valence-electron chi connectivity index (χ3n) is 4.18. The third kappa shape index (κ3) is 6.54. The van der Waals surface area contributed by atoms with Gasteiger partial charge in [-0.25, -0.2) is 0 Å². The van der Waals surface area contributed by atoms with Gasteiger partial charge >= 0.3 is 0 Å². The summed E-state index contributed by atoms with van der Waals surface area (Å²) in [7, 11) is 0. The first-order valence-electron chi connectivity index (χ1n) is 8.01. The van der Waals surface area contributed by atoms with Crippen molar-refractivity contribution in [3.05, 3.63) is 29.8 Å². The van der Waals surface area contributed by atoms with Crippen LogP contribution < -0.4 is 4.90 Å². The van der Waals surface area contributed by atoms with Gasteiger partial charge in [-0.2, -0.15) is 0 Å². The Morgan fingerprint density at radius 3 is 2.05 bits per heavy atom. The summed E-state index contributed by atoms with van der Waals surface area (Å²) in [6.45, 7) is 5.43. The molecule has 1 aliphatic heterocycles. The second-order valence-corrected chi connectivity index (χ2v) is 6.44. The number of benzene rings is 1.